The Labute approximate surface area is 124 Å². The predicted molar refractivity (Wildman–Crippen MR) is 76.5 cm³/mol. The Morgan fingerprint density at radius 3 is 2.80 bits per heavy atom. The summed E-state index contributed by atoms with van der Waals surface area (Å²) >= 11 is 6.92. The summed E-state index contributed by atoms with van der Waals surface area (Å²) in [7, 11) is 0. The van der Waals surface area contributed by atoms with Crippen LogP contribution in [0, 0.1) is 0 Å². The Kier molecular flexibility index (Phi) is 4.46. The zero-order chi connectivity index (χ0) is 14.7. The van der Waals surface area contributed by atoms with Gasteiger partial charge in [-0.1, -0.05) is 30.7 Å². The quantitative estimate of drug-likeness (QED) is 0.528. The molecule has 20 heavy (non-hydrogen) atoms. The molecule has 1 N–H and O–H groups in total. The summed E-state index contributed by atoms with van der Waals surface area (Å²) in [5.41, 5.74) is 0.500. The summed E-state index contributed by atoms with van der Waals surface area (Å²) in [6.45, 7) is 1.67. The van der Waals surface area contributed by atoms with Crippen molar-refractivity contribution in [2.75, 3.05) is 0 Å². The molecule has 0 aromatic heterocycles. The molecule has 0 bridgehead atoms. The van der Waals surface area contributed by atoms with Crippen molar-refractivity contribution in [1.82, 2.24) is 5.32 Å². The van der Waals surface area contributed by atoms with E-state index in [0.717, 1.165) is 11.8 Å². The number of carbonyl (C=O) groups is 3. The minimum Gasteiger partial charge on any atom is -0.425 e. The number of carbonyl (C=O) groups excluding carboxylic acids is 3. The summed E-state index contributed by atoms with van der Waals surface area (Å²) in [6.07, 6.45) is 1.71. The van der Waals surface area contributed by atoms with Gasteiger partial charge in [0.1, 0.15) is 5.75 Å². The van der Waals surface area contributed by atoms with Gasteiger partial charge in [0.05, 0.1) is 9.93 Å². The van der Waals surface area contributed by atoms with E-state index in [4.69, 9.17) is 16.3 Å². The van der Waals surface area contributed by atoms with Gasteiger partial charge < -0.3 is 4.74 Å². The summed E-state index contributed by atoms with van der Waals surface area (Å²) in [4.78, 5) is 34.1. The molecule has 1 heterocycles. The fourth-order valence-electron chi connectivity index (χ4n) is 1.48. The molecule has 0 radical (unpaired) electrons. The molecular formula is C13H10ClNO4S. The van der Waals surface area contributed by atoms with Crippen molar-refractivity contribution in [3.05, 3.63) is 33.7 Å². The van der Waals surface area contributed by atoms with E-state index >= 15 is 0 Å². The first-order valence-electron chi connectivity index (χ1n) is 5.75. The molecule has 1 aromatic carbocycles. The van der Waals surface area contributed by atoms with Crippen molar-refractivity contribution >= 4 is 46.6 Å². The summed E-state index contributed by atoms with van der Waals surface area (Å²) < 4.78 is 5.07. The van der Waals surface area contributed by atoms with Crippen molar-refractivity contribution in [2.24, 2.45) is 0 Å². The van der Waals surface area contributed by atoms with Gasteiger partial charge in [-0.05, 0) is 29.5 Å². The van der Waals surface area contributed by atoms with Crippen LogP contribution in [0.5, 0.6) is 5.75 Å². The number of thioether (sulfide) groups is 1. The number of ether oxygens (including phenoxy) is 1. The molecule has 0 aliphatic carbocycles. The average Bonchev–Trinajstić information content (AvgIpc) is 2.72. The Hall–Kier alpha value is -1.79. The Morgan fingerprint density at radius 2 is 2.20 bits per heavy atom. The highest BCUT2D eigenvalue weighted by Gasteiger charge is 2.25. The maximum Gasteiger partial charge on any atom is 0.310 e. The fraction of sp³-hybridized carbons (Fsp3) is 0.154. The number of nitrogens with one attached hydrogen (secondary N) is 1. The van der Waals surface area contributed by atoms with Crippen molar-refractivity contribution in [3.8, 4) is 5.75 Å². The van der Waals surface area contributed by atoms with E-state index in [-0.39, 0.29) is 22.1 Å². The Bertz CT molecular complexity index is 627. The highest BCUT2D eigenvalue weighted by atomic mass is 35.5. The van der Waals surface area contributed by atoms with Gasteiger partial charge in [-0.2, -0.15) is 0 Å². The molecule has 1 aromatic rings. The van der Waals surface area contributed by atoms with Crippen LogP contribution in [0.15, 0.2) is 23.1 Å². The number of halogens is 1. The number of hydrogen-bond donors (Lipinski definition) is 1. The number of esters is 1. The zero-order valence-corrected chi connectivity index (χ0v) is 12.0. The van der Waals surface area contributed by atoms with Crippen LogP contribution in [0.25, 0.3) is 6.08 Å². The first-order valence-corrected chi connectivity index (χ1v) is 6.94. The average molecular weight is 312 g/mol. The lowest BCUT2D eigenvalue weighted by Crippen LogP contribution is -2.17. The van der Waals surface area contributed by atoms with E-state index < -0.39 is 17.1 Å². The molecule has 1 aliphatic heterocycles. The van der Waals surface area contributed by atoms with E-state index in [0.29, 0.717) is 5.56 Å². The maximum atomic E-state index is 11.5. The lowest BCUT2D eigenvalue weighted by molar-refractivity contribution is -0.134. The topological polar surface area (TPSA) is 72.5 Å². The molecule has 0 spiro atoms. The van der Waals surface area contributed by atoms with Crippen molar-refractivity contribution in [1.29, 1.82) is 0 Å². The van der Waals surface area contributed by atoms with Crippen LogP contribution in [0.1, 0.15) is 18.9 Å². The van der Waals surface area contributed by atoms with Crippen LogP contribution in [0.3, 0.4) is 0 Å². The molecule has 0 unspecified atom stereocenters. The fourth-order valence-corrected chi connectivity index (χ4v) is 2.37. The molecule has 0 atom stereocenters. The third-order valence-corrected chi connectivity index (χ3v) is 3.65. The van der Waals surface area contributed by atoms with Gasteiger partial charge in [-0.25, -0.2) is 0 Å². The second-order valence-electron chi connectivity index (χ2n) is 3.84. The van der Waals surface area contributed by atoms with Gasteiger partial charge in [-0.15, -0.1) is 0 Å². The van der Waals surface area contributed by atoms with E-state index in [1.807, 2.05) is 0 Å². The Balaban J connectivity index is 2.32. The molecule has 1 aliphatic rings. The summed E-state index contributed by atoms with van der Waals surface area (Å²) in [6, 6.07) is 4.87. The highest BCUT2D eigenvalue weighted by Crippen LogP contribution is 2.33. The van der Waals surface area contributed by atoms with Gasteiger partial charge >= 0.3 is 5.97 Å². The second-order valence-corrected chi connectivity index (χ2v) is 5.23. The van der Waals surface area contributed by atoms with Crippen LogP contribution in [0.2, 0.25) is 5.02 Å². The Morgan fingerprint density at radius 1 is 1.45 bits per heavy atom. The lowest BCUT2D eigenvalue weighted by Gasteiger charge is -2.07. The smallest absolute Gasteiger partial charge is 0.310 e. The number of imide groups is 1. The second kappa shape index (κ2) is 6.11. The highest BCUT2D eigenvalue weighted by molar-refractivity contribution is 8.18. The molecule has 0 saturated carbocycles. The number of benzene rings is 1. The normalized spacial score (nSPS) is 16.4. The van der Waals surface area contributed by atoms with Crippen molar-refractivity contribution in [3.63, 3.8) is 0 Å². The van der Waals surface area contributed by atoms with E-state index in [2.05, 4.69) is 5.32 Å². The molecule has 5 nitrogen and oxygen atoms in total. The monoisotopic (exact) mass is 311 g/mol. The minimum atomic E-state index is -0.466. The predicted octanol–water partition coefficient (Wildman–Crippen LogP) is 2.98. The minimum absolute atomic E-state index is 0.217. The van der Waals surface area contributed by atoms with Crippen LogP contribution in [0.4, 0.5) is 4.79 Å². The lowest BCUT2D eigenvalue weighted by atomic mass is 10.2. The molecule has 2 amide bonds. The first kappa shape index (κ1) is 14.6. The van der Waals surface area contributed by atoms with Crippen LogP contribution >= 0.6 is 23.4 Å². The van der Waals surface area contributed by atoms with E-state index in [9.17, 15) is 14.4 Å². The molecular weight excluding hydrogens is 302 g/mol. The van der Waals surface area contributed by atoms with E-state index in [1.54, 1.807) is 25.1 Å². The standard InChI is InChI=1S/C13H10ClNO4S/c1-2-10(16)19-8-5-3-4-7(11(8)14)6-9-12(17)15-13(18)20-9/h3-6H,2H2,1H3,(H,15,17,18)/b9-6-. The molecule has 1 fully saturated rings. The molecule has 7 heteroatoms. The number of amides is 2. The molecule has 2 rings (SSSR count). The molecule has 104 valence electrons. The third-order valence-electron chi connectivity index (χ3n) is 2.43. The van der Waals surface area contributed by atoms with Gasteiger partial charge in [-0.3, -0.25) is 19.7 Å². The SMILES string of the molecule is CCC(=O)Oc1cccc(/C=C2\SC(=O)NC2=O)c1Cl. The van der Waals surface area contributed by atoms with Gasteiger partial charge in [0.25, 0.3) is 11.1 Å². The first-order chi connectivity index (χ1) is 9.51. The number of rotatable bonds is 3. The van der Waals surface area contributed by atoms with Gasteiger partial charge in [0, 0.05) is 6.42 Å². The van der Waals surface area contributed by atoms with Gasteiger partial charge in [0.15, 0.2) is 0 Å². The maximum absolute atomic E-state index is 11.5. The van der Waals surface area contributed by atoms with Gasteiger partial charge in [0.2, 0.25) is 0 Å². The van der Waals surface area contributed by atoms with Crippen LogP contribution in [-0.2, 0) is 9.59 Å². The summed E-state index contributed by atoms with van der Waals surface area (Å²) in [5.74, 6) is -0.644. The van der Waals surface area contributed by atoms with Crippen LogP contribution in [-0.4, -0.2) is 17.1 Å². The largest absolute Gasteiger partial charge is 0.425 e. The van der Waals surface area contributed by atoms with E-state index in [1.165, 1.54) is 6.08 Å². The third kappa shape index (κ3) is 3.20. The van der Waals surface area contributed by atoms with Crippen molar-refractivity contribution < 1.29 is 19.1 Å². The summed E-state index contributed by atoms with van der Waals surface area (Å²) in [5, 5.41) is 1.94. The van der Waals surface area contributed by atoms with Crippen molar-refractivity contribution in [2.45, 2.75) is 13.3 Å². The zero-order valence-electron chi connectivity index (χ0n) is 10.4. The van der Waals surface area contributed by atoms with Crippen LogP contribution < -0.4 is 10.1 Å². The number of hydrogen-bond acceptors (Lipinski definition) is 5. The molecule has 1 saturated heterocycles.